The Hall–Kier alpha value is -2.22. The van der Waals surface area contributed by atoms with Crippen molar-refractivity contribution >= 4 is 21.6 Å². The van der Waals surface area contributed by atoms with Crippen molar-refractivity contribution in [1.82, 2.24) is 9.62 Å². The van der Waals surface area contributed by atoms with Crippen molar-refractivity contribution in [1.29, 1.82) is 0 Å². The highest BCUT2D eigenvalue weighted by atomic mass is 32.2. The summed E-state index contributed by atoms with van der Waals surface area (Å²) in [4.78, 5) is 12.5. The molecule has 0 saturated carbocycles. The third kappa shape index (κ3) is 6.13. The van der Waals surface area contributed by atoms with Crippen LogP contribution in [0.1, 0.15) is 43.5 Å². The lowest BCUT2D eigenvalue weighted by atomic mass is 10.1. The van der Waals surface area contributed by atoms with Crippen molar-refractivity contribution in [3.8, 4) is 0 Å². The topological polar surface area (TPSA) is 78.5 Å². The standard InChI is InChI=1S/C22H31N3O3S/c1-6-25(7-2)29(27,28)21-10-8-19(9-11-21)18(5)23-15-22(26)24-20-13-16(3)12-17(4)14-20/h8-14,18,23H,6-7,15H2,1-5H3,(H,24,26). The molecule has 0 aliphatic rings. The van der Waals surface area contributed by atoms with Crippen LogP contribution in [-0.4, -0.2) is 38.3 Å². The molecule has 1 amide bonds. The predicted octanol–water partition coefficient (Wildman–Crippen LogP) is 3.62. The molecule has 0 spiro atoms. The number of rotatable bonds is 9. The zero-order valence-electron chi connectivity index (χ0n) is 17.8. The number of nitrogens with zero attached hydrogens (tertiary/aromatic N) is 1. The van der Waals surface area contributed by atoms with E-state index in [0.717, 1.165) is 22.4 Å². The van der Waals surface area contributed by atoms with Crippen LogP contribution in [0.2, 0.25) is 0 Å². The number of hydrogen-bond acceptors (Lipinski definition) is 4. The Morgan fingerprint density at radius 1 is 1.00 bits per heavy atom. The van der Waals surface area contributed by atoms with Crippen LogP contribution in [0.15, 0.2) is 47.4 Å². The van der Waals surface area contributed by atoms with Crippen molar-refractivity contribution in [3.63, 3.8) is 0 Å². The molecule has 6 nitrogen and oxygen atoms in total. The molecule has 0 bridgehead atoms. The molecule has 2 rings (SSSR count). The van der Waals surface area contributed by atoms with Crippen LogP contribution in [0.3, 0.4) is 0 Å². The fourth-order valence-electron chi connectivity index (χ4n) is 3.26. The van der Waals surface area contributed by atoms with E-state index in [0.29, 0.717) is 13.1 Å². The average Bonchev–Trinajstić information content (AvgIpc) is 2.66. The highest BCUT2D eigenvalue weighted by molar-refractivity contribution is 7.89. The molecule has 0 aliphatic carbocycles. The van der Waals surface area contributed by atoms with Gasteiger partial charge < -0.3 is 10.6 Å². The maximum atomic E-state index is 12.6. The molecule has 0 fully saturated rings. The van der Waals surface area contributed by atoms with Crippen LogP contribution in [-0.2, 0) is 14.8 Å². The molecular formula is C22H31N3O3S. The number of aryl methyl sites for hydroxylation is 2. The van der Waals surface area contributed by atoms with Gasteiger partial charge in [-0.1, -0.05) is 32.0 Å². The minimum absolute atomic E-state index is 0.0924. The van der Waals surface area contributed by atoms with Crippen molar-refractivity contribution in [2.24, 2.45) is 0 Å². The van der Waals surface area contributed by atoms with Gasteiger partial charge in [0.2, 0.25) is 15.9 Å². The third-order valence-corrected chi connectivity index (χ3v) is 6.86. The van der Waals surface area contributed by atoms with Gasteiger partial charge in [0.1, 0.15) is 0 Å². The van der Waals surface area contributed by atoms with E-state index in [4.69, 9.17) is 0 Å². The maximum absolute atomic E-state index is 12.6. The summed E-state index contributed by atoms with van der Waals surface area (Å²) in [6, 6.07) is 12.6. The van der Waals surface area contributed by atoms with Gasteiger partial charge in [0.25, 0.3) is 0 Å². The smallest absolute Gasteiger partial charge is 0.243 e. The first-order valence-electron chi connectivity index (χ1n) is 9.89. The van der Waals surface area contributed by atoms with E-state index < -0.39 is 10.0 Å². The van der Waals surface area contributed by atoms with Gasteiger partial charge in [-0.25, -0.2) is 8.42 Å². The number of carbonyl (C=O) groups excluding carboxylic acids is 1. The van der Waals surface area contributed by atoms with Gasteiger partial charge in [-0.2, -0.15) is 4.31 Å². The number of benzene rings is 2. The van der Waals surface area contributed by atoms with Crippen molar-refractivity contribution in [2.45, 2.75) is 45.6 Å². The Balaban J connectivity index is 1.97. The third-order valence-electron chi connectivity index (χ3n) is 4.80. The van der Waals surface area contributed by atoms with Crippen molar-refractivity contribution < 1.29 is 13.2 Å². The van der Waals surface area contributed by atoms with E-state index in [9.17, 15) is 13.2 Å². The molecule has 2 aromatic rings. The lowest BCUT2D eigenvalue weighted by Gasteiger charge is -2.19. The molecule has 0 aromatic heterocycles. The van der Waals surface area contributed by atoms with E-state index >= 15 is 0 Å². The van der Waals surface area contributed by atoms with E-state index in [1.54, 1.807) is 24.3 Å². The van der Waals surface area contributed by atoms with Gasteiger partial charge in [-0.15, -0.1) is 0 Å². The summed E-state index contributed by atoms with van der Waals surface area (Å²) >= 11 is 0. The largest absolute Gasteiger partial charge is 0.325 e. The number of carbonyl (C=O) groups is 1. The van der Waals surface area contributed by atoms with Crippen LogP contribution >= 0.6 is 0 Å². The van der Waals surface area contributed by atoms with Gasteiger partial charge in [0.15, 0.2) is 0 Å². The summed E-state index contributed by atoms with van der Waals surface area (Å²) in [5.41, 5.74) is 3.90. The number of anilines is 1. The summed E-state index contributed by atoms with van der Waals surface area (Å²) < 4.78 is 26.6. The van der Waals surface area contributed by atoms with Gasteiger partial charge >= 0.3 is 0 Å². The van der Waals surface area contributed by atoms with Crippen molar-refractivity contribution in [3.05, 3.63) is 59.2 Å². The number of nitrogens with one attached hydrogen (secondary N) is 2. The van der Waals surface area contributed by atoms with Crippen LogP contribution in [0.4, 0.5) is 5.69 Å². The van der Waals surface area contributed by atoms with Crippen LogP contribution in [0.5, 0.6) is 0 Å². The molecule has 2 aromatic carbocycles. The van der Waals surface area contributed by atoms with E-state index in [-0.39, 0.29) is 23.4 Å². The average molecular weight is 418 g/mol. The molecule has 0 heterocycles. The Morgan fingerprint density at radius 2 is 1.55 bits per heavy atom. The first-order chi connectivity index (χ1) is 13.7. The Kier molecular flexibility index (Phi) is 7.96. The molecule has 0 radical (unpaired) electrons. The fraction of sp³-hybridized carbons (Fsp3) is 0.409. The second-order valence-electron chi connectivity index (χ2n) is 7.19. The minimum Gasteiger partial charge on any atom is -0.325 e. The summed E-state index contributed by atoms with van der Waals surface area (Å²) in [7, 11) is -3.46. The first-order valence-corrected chi connectivity index (χ1v) is 11.3. The molecule has 29 heavy (non-hydrogen) atoms. The minimum atomic E-state index is -3.46. The molecule has 0 aliphatic heterocycles. The van der Waals surface area contributed by atoms with Crippen LogP contribution in [0, 0.1) is 13.8 Å². The summed E-state index contributed by atoms with van der Waals surface area (Å²) in [5.74, 6) is -0.123. The Bertz CT molecular complexity index is 916. The normalized spacial score (nSPS) is 12.8. The highest BCUT2D eigenvalue weighted by Crippen LogP contribution is 2.19. The van der Waals surface area contributed by atoms with Gasteiger partial charge in [0.05, 0.1) is 11.4 Å². The van der Waals surface area contributed by atoms with Gasteiger partial charge in [-0.05, 0) is 61.7 Å². The lowest BCUT2D eigenvalue weighted by molar-refractivity contribution is -0.115. The second kappa shape index (κ2) is 10.0. The van der Waals surface area contributed by atoms with E-state index in [1.807, 2.05) is 46.8 Å². The monoisotopic (exact) mass is 417 g/mol. The van der Waals surface area contributed by atoms with E-state index in [1.165, 1.54) is 4.31 Å². The van der Waals surface area contributed by atoms with E-state index in [2.05, 4.69) is 16.7 Å². The van der Waals surface area contributed by atoms with Crippen molar-refractivity contribution in [2.75, 3.05) is 25.0 Å². The maximum Gasteiger partial charge on any atom is 0.243 e. The molecule has 158 valence electrons. The molecule has 7 heteroatoms. The predicted molar refractivity (Wildman–Crippen MR) is 118 cm³/mol. The highest BCUT2D eigenvalue weighted by Gasteiger charge is 2.21. The zero-order valence-corrected chi connectivity index (χ0v) is 18.6. The van der Waals surface area contributed by atoms with Crippen LogP contribution < -0.4 is 10.6 Å². The number of hydrogen-bond donors (Lipinski definition) is 2. The molecule has 2 N–H and O–H groups in total. The van der Waals surface area contributed by atoms with Gasteiger partial charge in [-0.3, -0.25) is 4.79 Å². The SMILES string of the molecule is CCN(CC)S(=O)(=O)c1ccc(C(C)NCC(=O)Nc2cc(C)cc(C)c2)cc1. The zero-order chi connectivity index (χ0) is 21.6. The number of amides is 1. The lowest BCUT2D eigenvalue weighted by Crippen LogP contribution is -2.31. The molecule has 1 unspecified atom stereocenters. The molecule has 1 atom stereocenters. The first kappa shape index (κ1) is 23.1. The quantitative estimate of drug-likeness (QED) is 0.653. The Morgan fingerprint density at radius 3 is 2.07 bits per heavy atom. The summed E-state index contributed by atoms with van der Waals surface area (Å²) in [5, 5.41) is 6.08. The molecular weight excluding hydrogens is 386 g/mol. The van der Waals surface area contributed by atoms with Gasteiger partial charge in [0, 0.05) is 24.8 Å². The summed E-state index contributed by atoms with van der Waals surface area (Å²) in [6.45, 7) is 10.6. The number of sulfonamides is 1. The van der Waals surface area contributed by atoms with Crippen LogP contribution in [0.25, 0.3) is 0 Å². The fourth-order valence-corrected chi connectivity index (χ4v) is 4.71. The summed E-state index contributed by atoms with van der Waals surface area (Å²) in [6.07, 6.45) is 0. The molecule has 0 saturated heterocycles. The second-order valence-corrected chi connectivity index (χ2v) is 9.12. The Labute approximate surface area is 174 Å².